The highest BCUT2D eigenvalue weighted by Crippen LogP contribution is 2.34. The number of thioether (sulfide) groups is 1. The normalized spacial score (nSPS) is 16.5. The van der Waals surface area contributed by atoms with E-state index < -0.39 is 0 Å². The third-order valence-electron chi connectivity index (χ3n) is 4.42. The van der Waals surface area contributed by atoms with Gasteiger partial charge in [0, 0.05) is 6.20 Å². The second-order valence-electron chi connectivity index (χ2n) is 6.29. The van der Waals surface area contributed by atoms with E-state index in [-0.39, 0.29) is 30.2 Å². The smallest absolute Gasteiger partial charge is 0.240 e. The van der Waals surface area contributed by atoms with Crippen molar-refractivity contribution in [3.63, 3.8) is 0 Å². The van der Waals surface area contributed by atoms with Crippen molar-refractivity contribution in [3.8, 4) is 11.5 Å². The Hall–Kier alpha value is -2.74. The van der Waals surface area contributed by atoms with Gasteiger partial charge < -0.3 is 14.8 Å². The third kappa shape index (κ3) is 3.71. The van der Waals surface area contributed by atoms with Gasteiger partial charge in [-0.05, 0) is 36.8 Å². The van der Waals surface area contributed by atoms with Gasteiger partial charge in [-0.1, -0.05) is 17.8 Å². The molecule has 2 aromatic rings. The van der Waals surface area contributed by atoms with Crippen molar-refractivity contribution < 1.29 is 19.1 Å². The molecule has 0 saturated carbocycles. The van der Waals surface area contributed by atoms with Crippen LogP contribution in [0.15, 0.2) is 41.6 Å². The average Bonchev–Trinajstić information content (AvgIpc) is 2.69. The van der Waals surface area contributed by atoms with Crippen LogP contribution in [0, 0.1) is 0 Å². The third-order valence-corrected chi connectivity index (χ3v) is 5.40. The van der Waals surface area contributed by atoms with Crippen LogP contribution in [0.25, 0.3) is 0 Å². The number of carbonyl (C=O) groups excluding carboxylic acids is 2. The molecule has 0 unspecified atom stereocenters. The maximum absolute atomic E-state index is 12.6. The Morgan fingerprint density at radius 2 is 2.11 bits per heavy atom. The topological polar surface area (TPSA) is 80.8 Å². The van der Waals surface area contributed by atoms with Crippen molar-refractivity contribution in [3.05, 3.63) is 42.1 Å². The lowest BCUT2D eigenvalue weighted by Gasteiger charge is -2.28. The summed E-state index contributed by atoms with van der Waals surface area (Å²) in [6.45, 7) is 2.91. The summed E-state index contributed by atoms with van der Waals surface area (Å²) >= 11 is 1.39. The molecule has 0 fully saturated rings. The number of aromatic nitrogens is 1. The summed E-state index contributed by atoms with van der Waals surface area (Å²) in [6.07, 6.45) is 1.68. The van der Waals surface area contributed by atoms with E-state index in [2.05, 4.69) is 10.3 Å². The summed E-state index contributed by atoms with van der Waals surface area (Å²) < 4.78 is 11.1. The van der Waals surface area contributed by atoms with Crippen LogP contribution in [0.3, 0.4) is 0 Å². The Kier molecular flexibility index (Phi) is 4.89. The fraction of sp³-hybridized carbons (Fsp3) is 0.316. The van der Waals surface area contributed by atoms with Gasteiger partial charge in [-0.3, -0.25) is 14.5 Å². The zero-order valence-electron chi connectivity index (χ0n) is 14.8. The molecular weight excluding hydrogens is 366 g/mol. The van der Waals surface area contributed by atoms with Crippen LogP contribution >= 0.6 is 11.8 Å². The highest BCUT2D eigenvalue weighted by atomic mass is 32.2. The van der Waals surface area contributed by atoms with Crippen molar-refractivity contribution >= 4 is 29.3 Å². The van der Waals surface area contributed by atoms with E-state index in [4.69, 9.17) is 9.47 Å². The van der Waals surface area contributed by atoms with Crippen molar-refractivity contribution in [2.45, 2.75) is 18.0 Å². The zero-order chi connectivity index (χ0) is 18.8. The molecule has 4 rings (SSSR count). The van der Waals surface area contributed by atoms with Gasteiger partial charge in [-0.2, -0.15) is 0 Å². The number of carbonyl (C=O) groups is 2. The molecule has 2 aliphatic rings. The molecule has 27 heavy (non-hydrogen) atoms. The Morgan fingerprint density at radius 1 is 1.30 bits per heavy atom. The number of ether oxygens (including phenoxy) is 2. The molecule has 2 aliphatic heterocycles. The molecule has 0 bridgehead atoms. The van der Waals surface area contributed by atoms with Crippen LogP contribution in [-0.2, 0) is 9.59 Å². The van der Waals surface area contributed by atoms with Crippen LogP contribution < -0.4 is 19.7 Å². The Bertz CT molecular complexity index is 889. The number of hydrogen-bond donors (Lipinski definition) is 1. The van der Waals surface area contributed by atoms with E-state index in [1.165, 1.54) is 16.7 Å². The van der Waals surface area contributed by atoms with Gasteiger partial charge in [-0.15, -0.1) is 0 Å². The number of benzene rings is 1. The Balaban J connectivity index is 1.44. The molecule has 7 nitrogen and oxygen atoms in total. The SMILES string of the molecule is C[C@H](NC(=O)CN1C(=O)CSc2ncccc21)c1ccc2c(c1)OCCO2. The first kappa shape index (κ1) is 17.7. The van der Waals surface area contributed by atoms with Crippen LogP contribution in [0.1, 0.15) is 18.5 Å². The molecule has 0 saturated heterocycles. The first-order valence-corrected chi connectivity index (χ1v) is 9.67. The molecule has 0 aliphatic carbocycles. The number of rotatable bonds is 4. The van der Waals surface area contributed by atoms with Crippen molar-refractivity contribution in [2.24, 2.45) is 0 Å². The second kappa shape index (κ2) is 7.48. The van der Waals surface area contributed by atoms with E-state index in [9.17, 15) is 9.59 Å². The maximum atomic E-state index is 12.6. The number of amides is 2. The molecule has 1 N–H and O–H groups in total. The number of fused-ring (bicyclic) bond motifs is 2. The van der Waals surface area contributed by atoms with Gasteiger partial charge in [0.25, 0.3) is 0 Å². The Morgan fingerprint density at radius 3 is 2.96 bits per heavy atom. The minimum Gasteiger partial charge on any atom is -0.486 e. The predicted octanol–water partition coefficient (Wildman–Crippen LogP) is 2.17. The van der Waals surface area contributed by atoms with Crippen molar-refractivity contribution in [2.75, 3.05) is 30.4 Å². The minimum absolute atomic E-state index is 0.0347. The van der Waals surface area contributed by atoms with Crippen molar-refractivity contribution in [1.29, 1.82) is 0 Å². The summed E-state index contributed by atoms with van der Waals surface area (Å²) in [5.41, 5.74) is 1.59. The van der Waals surface area contributed by atoms with Gasteiger partial charge in [0.1, 0.15) is 24.8 Å². The Labute approximate surface area is 161 Å². The summed E-state index contributed by atoms with van der Waals surface area (Å²) in [6, 6.07) is 8.97. The predicted molar refractivity (Wildman–Crippen MR) is 101 cm³/mol. The van der Waals surface area contributed by atoms with E-state index >= 15 is 0 Å². The van der Waals surface area contributed by atoms with Gasteiger partial charge in [0.15, 0.2) is 11.5 Å². The number of hydrogen-bond acceptors (Lipinski definition) is 6. The number of nitrogens with one attached hydrogen (secondary N) is 1. The van der Waals surface area contributed by atoms with Crippen LogP contribution in [0.2, 0.25) is 0 Å². The number of nitrogens with zero attached hydrogens (tertiary/aromatic N) is 2. The standard InChI is InChI=1S/C19H19N3O4S/c1-12(13-4-5-15-16(9-13)26-8-7-25-15)21-17(23)10-22-14-3-2-6-20-19(14)27-11-18(22)24/h2-6,9,12H,7-8,10-11H2,1H3,(H,21,23)/t12-/m0/s1. The maximum Gasteiger partial charge on any atom is 0.240 e. The van der Waals surface area contributed by atoms with Crippen LogP contribution in [-0.4, -0.2) is 42.3 Å². The number of pyridine rings is 1. The minimum atomic E-state index is -0.229. The average molecular weight is 385 g/mol. The first-order valence-electron chi connectivity index (χ1n) is 8.69. The van der Waals surface area contributed by atoms with Gasteiger partial charge >= 0.3 is 0 Å². The van der Waals surface area contributed by atoms with Gasteiger partial charge in [0.2, 0.25) is 11.8 Å². The highest BCUT2D eigenvalue weighted by Gasteiger charge is 2.27. The quantitative estimate of drug-likeness (QED) is 0.869. The molecule has 1 aromatic heterocycles. The fourth-order valence-corrected chi connectivity index (χ4v) is 3.94. The molecule has 0 spiro atoms. The molecular formula is C19H19N3O4S. The molecule has 2 amide bonds. The molecule has 0 radical (unpaired) electrons. The summed E-state index contributed by atoms with van der Waals surface area (Å²) in [5.74, 6) is 1.36. The fourth-order valence-electron chi connectivity index (χ4n) is 3.06. The largest absolute Gasteiger partial charge is 0.486 e. The molecule has 8 heteroatoms. The summed E-state index contributed by atoms with van der Waals surface area (Å²) in [7, 11) is 0. The highest BCUT2D eigenvalue weighted by molar-refractivity contribution is 8.00. The second-order valence-corrected chi connectivity index (χ2v) is 7.25. The zero-order valence-corrected chi connectivity index (χ0v) is 15.6. The molecule has 1 atom stereocenters. The monoisotopic (exact) mass is 385 g/mol. The summed E-state index contributed by atoms with van der Waals surface area (Å²) in [5, 5.41) is 3.71. The lowest BCUT2D eigenvalue weighted by Crippen LogP contribution is -2.44. The lowest BCUT2D eigenvalue weighted by atomic mass is 10.1. The van der Waals surface area contributed by atoms with Crippen LogP contribution in [0.5, 0.6) is 11.5 Å². The lowest BCUT2D eigenvalue weighted by molar-refractivity contribution is -0.123. The van der Waals surface area contributed by atoms with Gasteiger partial charge in [0.05, 0.1) is 17.5 Å². The van der Waals surface area contributed by atoms with Crippen LogP contribution in [0.4, 0.5) is 5.69 Å². The van der Waals surface area contributed by atoms with E-state index in [0.717, 1.165) is 10.6 Å². The molecule has 3 heterocycles. The van der Waals surface area contributed by atoms with E-state index in [1.807, 2.05) is 31.2 Å². The van der Waals surface area contributed by atoms with E-state index in [0.29, 0.717) is 30.4 Å². The first-order chi connectivity index (χ1) is 13.1. The van der Waals surface area contributed by atoms with Gasteiger partial charge in [-0.25, -0.2) is 4.98 Å². The number of anilines is 1. The summed E-state index contributed by atoms with van der Waals surface area (Å²) in [4.78, 5) is 30.6. The molecule has 1 aromatic carbocycles. The van der Waals surface area contributed by atoms with Crippen molar-refractivity contribution in [1.82, 2.24) is 10.3 Å². The molecule has 140 valence electrons. The van der Waals surface area contributed by atoms with E-state index in [1.54, 1.807) is 12.3 Å².